The van der Waals surface area contributed by atoms with Gasteiger partial charge in [0.1, 0.15) is 22.8 Å². The Morgan fingerprint density at radius 3 is 2.55 bits per heavy atom. The molecule has 0 saturated heterocycles. The first-order chi connectivity index (χ1) is 13.9. The number of phenolic OH excluding ortho intramolecular Hbond substituents is 2. The van der Waals surface area contributed by atoms with Crippen LogP contribution in [0.3, 0.4) is 0 Å². The van der Waals surface area contributed by atoms with Crippen molar-refractivity contribution < 1.29 is 10.2 Å². The molecule has 146 valence electrons. The third-order valence-corrected chi connectivity index (χ3v) is 5.47. The molecule has 0 aliphatic heterocycles. The molecule has 0 bridgehead atoms. The predicted molar refractivity (Wildman–Crippen MR) is 116 cm³/mol. The highest BCUT2D eigenvalue weighted by Gasteiger charge is 2.21. The first kappa shape index (κ1) is 19.3. The van der Waals surface area contributed by atoms with Crippen molar-refractivity contribution in [2.75, 3.05) is 5.32 Å². The Morgan fingerprint density at radius 2 is 1.79 bits per heavy atom. The Kier molecular flexibility index (Phi) is 5.18. The lowest BCUT2D eigenvalue weighted by Gasteiger charge is -2.22. The Bertz CT molecular complexity index is 1210. The van der Waals surface area contributed by atoms with Crippen molar-refractivity contribution in [3.63, 3.8) is 0 Å². The lowest BCUT2D eigenvalue weighted by molar-refractivity contribution is 0.467. The van der Waals surface area contributed by atoms with Crippen molar-refractivity contribution in [3.05, 3.63) is 87.7 Å². The van der Waals surface area contributed by atoms with Gasteiger partial charge in [0.25, 0.3) is 0 Å². The van der Waals surface area contributed by atoms with Crippen LogP contribution in [0.5, 0.6) is 11.5 Å². The van der Waals surface area contributed by atoms with E-state index in [0.29, 0.717) is 26.9 Å². The van der Waals surface area contributed by atoms with Crippen LogP contribution in [0.1, 0.15) is 22.7 Å². The molecule has 0 fully saturated rings. The van der Waals surface area contributed by atoms with Gasteiger partial charge in [-0.3, -0.25) is 4.98 Å². The first-order valence-electron chi connectivity index (χ1n) is 8.87. The third-order valence-electron chi connectivity index (χ3n) is 4.76. The summed E-state index contributed by atoms with van der Waals surface area (Å²) in [6.45, 7) is 1.82. The summed E-state index contributed by atoms with van der Waals surface area (Å²) in [5, 5.41) is 26.0. The average molecular weight is 426 g/mol. The molecule has 0 aliphatic rings. The number of benzene rings is 2. The molecule has 7 heteroatoms. The fourth-order valence-corrected chi connectivity index (χ4v) is 3.42. The monoisotopic (exact) mass is 425 g/mol. The molecular weight excluding hydrogens is 409 g/mol. The first-order valence-corrected chi connectivity index (χ1v) is 9.63. The van der Waals surface area contributed by atoms with E-state index in [9.17, 15) is 10.2 Å². The second kappa shape index (κ2) is 7.78. The fraction of sp³-hybridized carbons (Fsp3) is 0.0909. The molecule has 1 atom stereocenters. The second-order valence-corrected chi connectivity index (χ2v) is 7.50. The summed E-state index contributed by atoms with van der Waals surface area (Å²) in [5.41, 5.74) is 2.58. The van der Waals surface area contributed by atoms with Crippen LogP contribution in [0.2, 0.25) is 10.0 Å². The van der Waals surface area contributed by atoms with Gasteiger partial charge in [-0.25, -0.2) is 4.98 Å². The van der Waals surface area contributed by atoms with E-state index in [1.54, 1.807) is 18.3 Å². The number of aryl methyl sites for hydroxylation is 1. The second-order valence-electron chi connectivity index (χ2n) is 6.69. The molecule has 0 radical (unpaired) electrons. The number of fused-ring (bicyclic) bond motifs is 1. The van der Waals surface area contributed by atoms with Crippen LogP contribution in [-0.4, -0.2) is 20.2 Å². The number of pyridine rings is 2. The van der Waals surface area contributed by atoms with E-state index >= 15 is 0 Å². The molecule has 2 heterocycles. The Balaban J connectivity index is 1.86. The Morgan fingerprint density at radius 1 is 0.966 bits per heavy atom. The summed E-state index contributed by atoms with van der Waals surface area (Å²) in [5.74, 6) is 0.695. The standard InChI is InChI=1S/C22H17Cl2N3O2/c1-12-4-5-14(9-18(12)28)20(27-19-10-16(23)17(24)11-26-19)15-7-6-13-3-2-8-25-21(13)22(15)29/h2-11,20,28-29H,1H3,(H,26,27). The summed E-state index contributed by atoms with van der Waals surface area (Å²) in [6, 6.07) is 13.9. The minimum absolute atomic E-state index is 0.0562. The van der Waals surface area contributed by atoms with Gasteiger partial charge in [-0.2, -0.15) is 0 Å². The summed E-state index contributed by atoms with van der Waals surface area (Å²) in [6.07, 6.45) is 3.09. The zero-order chi connectivity index (χ0) is 20.5. The minimum Gasteiger partial charge on any atom is -0.508 e. The number of anilines is 1. The molecule has 0 amide bonds. The van der Waals surface area contributed by atoms with Crippen LogP contribution in [0, 0.1) is 6.92 Å². The van der Waals surface area contributed by atoms with Gasteiger partial charge < -0.3 is 15.5 Å². The number of halogens is 2. The molecule has 4 aromatic rings. The van der Waals surface area contributed by atoms with Crippen molar-refractivity contribution in [1.82, 2.24) is 9.97 Å². The highest BCUT2D eigenvalue weighted by molar-refractivity contribution is 6.42. The van der Waals surface area contributed by atoms with Crippen LogP contribution in [0.25, 0.3) is 10.9 Å². The van der Waals surface area contributed by atoms with Crippen molar-refractivity contribution in [3.8, 4) is 11.5 Å². The summed E-state index contributed by atoms with van der Waals surface area (Å²) >= 11 is 12.1. The molecule has 0 aliphatic carbocycles. The number of hydrogen-bond acceptors (Lipinski definition) is 5. The van der Waals surface area contributed by atoms with Crippen molar-refractivity contribution in [2.45, 2.75) is 13.0 Å². The number of aromatic hydroxyl groups is 2. The van der Waals surface area contributed by atoms with E-state index in [1.165, 1.54) is 6.20 Å². The van der Waals surface area contributed by atoms with Crippen LogP contribution < -0.4 is 5.32 Å². The Labute approximate surface area is 177 Å². The molecule has 5 nitrogen and oxygen atoms in total. The molecule has 0 spiro atoms. The number of rotatable bonds is 4. The zero-order valence-electron chi connectivity index (χ0n) is 15.4. The van der Waals surface area contributed by atoms with Gasteiger partial charge in [-0.15, -0.1) is 0 Å². The summed E-state index contributed by atoms with van der Waals surface area (Å²) in [7, 11) is 0. The highest BCUT2D eigenvalue weighted by atomic mass is 35.5. The summed E-state index contributed by atoms with van der Waals surface area (Å²) in [4.78, 5) is 8.58. The van der Waals surface area contributed by atoms with Crippen molar-refractivity contribution in [2.24, 2.45) is 0 Å². The van der Waals surface area contributed by atoms with Crippen LogP contribution >= 0.6 is 23.2 Å². The molecule has 3 N–H and O–H groups in total. The zero-order valence-corrected chi connectivity index (χ0v) is 16.9. The maximum atomic E-state index is 10.9. The largest absolute Gasteiger partial charge is 0.508 e. The molecule has 0 saturated carbocycles. The van der Waals surface area contributed by atoms with Gasteiger partial charge in [0, 0.05) is 29.4 Å². The molecule has 4 rings (SSSR count). The van der Waals surface area contributed by atoms with Gasteiger partial charge in [0.2, 0.25) is 0 Å². The van der Waals surface area contributed by atoms with E-state index in [1.807, 2.05) is 43.3 Å². The lowest BCUT2D eigenvalue weighted by Crippen LogP contribution is -2.14. The van der Waals surface area contributed by atoms with Crippen LogP contribution in [-0.2, 0) is 0 Å². The number of nitrogens with one attached hydrogen (secondary N) is 1. The lowest BCUT2D eigenvalue weighted by atomic mass is 9.95. The van der Waals surface area contributed by atoms with Gasteiger partial charge in [-0.05, 0) is 30.2 Å². The highest BCUT2D eigenvalue weighted by Crippen LogP contribution is 2.38. The van der Waals surface area contributed by atoms with Crippen molar-refractivity contribution >= 4 is 39.9 Å². The molecular formula is C22H17Cl2N3O2. The molecule has 29 heavy (non-hydrogen) atoms. The molecule has 2 aromatic heterocycles. The normalized spacial score (nSPS) is 12.1. The molecule has 1 unspecified atom stereocenters. The minimum atomic E-state index is -0.516. The van der Waals surface area contributed by atoms with E-state index in [2.05, 4.69) is 15.3 Å². The van der Waals surface area contributed by atoms with Gasteiger partial charge in [0.05, 0.1) is 16.1 Å². The van der Waals surface area contributed by atoms with Crippen molar-refractivity contribution in [1.29, 1.82) is 0 Å². The average Bonchev–Trinajstić information content (AvgIpc) is 2.72. The fourth-order valence-electron chi connectivity index (χ4n) is 3.17. The van der Waals surface area contributed by atoms with Crippen LogP contribution in [0.4, 0.5) is 5.82 Å². The number of aromatic nitrogens is 2. The quantitative estimate of drug-likeness (QED) is 0.381. The number of nitrogens with zero attached hydrogens (tertiary/aromatic N) is 2. The van der Waals surface area contributed by atoms with Crippen LogP contribution in [0.15, 0.2) is 60.9 Å². The van der Waals surface area contributed by atoms with E-state index in [0.717, 1.165) is 16.5 Å². The summed E-state index contributed by atoms with van der Waals surface area (Å²) < 4.78 is 0. The van der Waals surface area contributed by atoms with E-state index in [4.69, 9.17) is 23.2 Å². The Hall–Kier alpha value is -3.02. The smallest absolute Gasteiger partial charge is 0.147 e. The van der Waals surface area contributed by atoms with E-state index < -0.39 is 6.04 Å². The maximum Gasteiger partial charge on any atom is 0.147 e. The van der Waals surface area contributed by atoms with E-state index in [-0.39, 0.29) is 11.5 Å². The predicted octanol–water partition coefficient (Wildman–Crippen LogP) is 5.86. The number of hydrogen-bond donors (Lipinski definition) is 3. The third kappa shape index (κ3) is 3.79. The van der Waals surface area contributed by atoms with Gasteiger partial charge >= 0.3 is 0 Å². The molecule has 2 aromatic carbocycles. The topological polar surface area (TPSA) is 78.3 Å². The SMILES string of the molecule is Cc1ccc(C(Nc2cc(Cl)c(Cl)cn2)c2ccc3cccnc3c2O)cc1O. The van der Waals surface area contributed by atoms with Gasteiger partial charge in [0.15, 0.2) is 0 Å². The maximum absolute atomic E-state index is 10.9. The number of phenols is 2. The van der Waals surface area contributed by atoms with Gasteiger partial charge in [-0.1, -0.05) is 53.5 Å².